The minimum absolute atomic E-state index is 0.675. The summed E-state index contributed by atoms with van der Waals surface area (Å²) in [5.74, 6) is 0. The van der Waals surface area contributed by atoms with Crippen molar-refractivity contribution in [1.82, 2.24) is 0 Å². The average Bonchev–Trinajstić information content (AvgIpc) is 2.27. The van der Waals surface area contributed by atoms with E-state index in [1.54, 1.807) is 0 Å². The van der Waals surface area contributed by atoms with Crippen molar-refractivity contribution in [2.24, 2.45) is 0 Å². The maximum absolute atomic E-state index is 5.10. The summed E-state index contributed by atoms with van der Waals surface area (Å²) in [6, 6.07) is 0.691. The number of likely N-dealkylation sites (N-methyl/N-ethyl adjacent to an activating group) is 1. The Labute approximate surface area is 95.2 Å². The van der Waals surface area contributed by atoms with Crippen LogP contribution in [0.2, 0.25) is 0 Å². The van der Waals surface area contributed by atoms with Gasteiger partial charge in [0.2, 0.25) is 0 Å². The molecule has 0 aromatic rings. The van der Waals surface area contributed by atoms with E-state index < -0.39 is 0 Å². The molecule has 0 amide bonds. The first-order valence-electron chi connectivity index (χ1n) is 6.10. The van der Waals surface area contributed by atoms with Gasteiger partial charge in [-0.15, -0.1) is 0 Å². The SMILES string of the molecule is C#COCC[N+](CC)(CCC)C(C)CC. The molecule has 0 radical (unpaired) electrons. The second-order valence-corrected chi connectivity index (χ2v) is 4.21. The number of hydrogen-bond acceptors (Lipinski definition) is 1. The van der Waals surface area contributed by atoms with E-state index in [1.165, 1.54) is 19.4 Å². The molecule has 0 aliphatic heterocycles. The van der Waals surface area contributed by atoms with Gasteiger partial charge in [-0.3, -0.25) is 0 Å². The van der Waals surface area contributed by atoms with E-state index in [0.717, 1.165) is 17.6 Å². The average molecular weight is 212 g/mol. The van der Waals surface area contributed by atoms with E-state index >= 15 is 0 Å². The van der Waals surface area contributed by atoms with E-state index in [9.17, 15) is 0 Å². The molecule has 0 fully saturated rings. The summed E-state index contributed by atoms with van der Waals surface area (Å²) >= 11 is 0. The Morgan fingerprint density at radius 1 is 1.27 bits per heavy atom. The summed E-state index contributed by atoms with van der Waals surface area (Å²) in [6.45, 7) is 13.2. The number of nitrogens with zero attached hydrogens (tertiary/aromatic N) is 1. The molecule has 0 aromatic carbocycles. The molecule has 0 saturated carbocycles. The van der Waals surface area contributed by atoms with Crippen LogP contribution in [0.15, 0.2) is 0 Å². The third kappa shape index (κ3) is 4.13. The van der Waals surface area contributed by atoms with Gasteiger partial charge in [0.1, 0.15) is 19.3 Å². The number of hydrogen-bond donors (Lipinski definition) is 0. The lowest BCUT2D eigenvalue weighted by Gasteiger charge is -2.42. The zero-order valence-electron chi connectivity index (χ0n) is 10.8. The van der Waals surface area contributed by atoms with Crippen molar-refractivity contribution in [3.63, 3.8) is 0 Å². The standard InChI is InChI=1S/C13H26NO/c1-6-10-14(8-3,13(5)7-2)11-12-15-9-4/h4,13H,6-8,10-12H2,1-3,5H3/q+1. The van der Waals surface area contributed by atoms with Gasteiger partial charge in [0, 0.05) is 0 Å². The monoisotopic (exact) mass is 212 g/mol. The molecular formula is C13H26NO+. The summed E-state index contributed by atoms with van der Waals surface area (Å²) in [4.78, 5) is 0. The zero-order chi connectivity index (χ0) is 11.7. The van der Waals surface area contributed by atoms with Gasteiger partial charge < -0.3 is 9.22 Å². The van der Waals surface area contributed by atoms with Gasteiger partial charge in [-0.05, 0) is 26.7 Å². The first kappa shape index (κ1) is 14.3. The van der Waals surface area contributed by atoms with Crippen LogP contribution in [0.25, 0.3) is 0 Å². The highest BCUT2D eigenvalue weighted by Crippen LogP contribution is 2.17. The van der Waals surface area contributed by atoms with Gasteiger partial charge in [-0.25, -0.2) is 0 Å². The van der Waals surface area contributed by atoms with Crippen LogP contribution in [0, 0.1) is 12.5 Å². The van der Waals surface area contributed by atoms with E-state index in [1.807, 2.05) is 0 Å². The summed E-state index contributed by atoms with van der Waals surface area (Å²) in [5, 5.41) is 0. The highest BCUT2D eigenvalue weighted by molar-refractivity contribution is 4.68. The number of rotatable bonds is 8. The van der Waals surface area contributed by atoms with Gasteiger partial charge >= 0.3 is 0 Å². The largest absolute Gasteiger partial charge is 0.441 e. The van der Waals surface area contributed by atoms with Crippen LogP contribution < -0.4 is 0 Å². The van der Waals surface area contributed by atoms with Crippen LogP contribution in [0.5, 0.6) is 0 Å². The molecule has 88 valence electrons. The normalized spacial score (nSPS) is 16.5. The topological polar surface area (TPSA) is 9.23 Å². The van der Waals surface area contributed by atoms with Crippen LogP contribution in [0.1, 0.15) is 40.5 Å². The molecule has 2 atom stereocenters. The second-order valence-electron chi connectivity index (χ2n) is 4.21. The van der Waals surface area contributed by atoms with Crippen LogP contribution in [0.4, 0.5) is 0 Å². The number of terminal acetylenes is 1. The van der Waals surface area contributed by atoms with Gasteiger partial charge in [-0.1, -0.05) is 20.3 Å². The molecule has 0 saturated heterocycles. The van der Waals surface area contributed by atoms with Gasteiger partial charge in [0.05, 0.1) is 19.1 Å². The van der Waals surface area contributed by atoms with E-state index in [4.69, 9.17) is 11.2 Å². The zero-order valence-corrected chi connectivity index (χ0v) is 10.8. The predicted octanol–water partition coefficient (Wildman–Crippen LogP) is 2.64. The van der Waals surface area contributed by atoms with Crippen LogP contribution in [-0.2, 0) is 4.74 Å². The Morgan fingerprint density at radius 3 is 2.33 bits per heavy atom. The van der Waals surface area contributed by atoms with E-state index in [-0.39, 0.29) is 0 Å². The highest BCUT2D eigenvalue weighted by Gasteiger charge is 2.29. The molecule has 15 heavy (non-hydrogen) atoms. The molecule has 0 aliphatic carbocycles. The fraction of sp³-hybridized carbons (Fsp3) is 0.846. The Bertz CT molecular complexity index is 197. The quantitative estimate of drug-likeness (QED) is 0.341. The lowest BCUT2D eigenvalue weighted by molar-refractivity contribution is -0.948. The van der Waals surface area contributed by atoms with Gasteiger partial charge in [0.15, 0.2) is 0 Å². The maximum Gasteiger partial charge on any atom is 0.149 e. The minimum atomic E-state index is 0.675. The molecule has 0 heterocycles. The third-order valence-corrected chi connectivity index (χ3v) is 3.55. The van der Waals surface area contributed by atoms with Crippen molar-refractivity contribution in [2.75, 3.05) is 26.2 Å². The van der Waals surface area contributed by atoms with Crippen molar-refractivity contribution in [2.45, 2.75) is 46.6 Å². The van der Waals surface area contributed by atoms with Crippen molar-refractivity contribution in [3.8, 4) is 12.5 Å². The smallest absolute Gasteiger partial charge is 0.149 e. The van der Waals surface area contributed by atoms with E-state index in [0.29, 0.717) is 12.6 Å². The molecule has 0 rings (SSSR count). The Hall–Kier alpha value is -0.680. The Balaban J connectivity index is 4.43. The van der Waals surface area contributed by atoms with Crippen molar-refractivity contribution < 1.29 is 9.22 Å². The minimum Gasteiger partial charge on any atom is -0.441 e. The van der Waals surface area contributed by atoms with Gasteiger partial charge in [0.25, 0.3) is 0 Å². The molecule has 0 N–H and O–H groups in total. The maximum atomic E-state index is 5.10. The fourth-order valence-corrected chi connectivity index (χ4v) is 2.30. The summed E-state index contributed by atoms with van der Waals surface area (Å²) in [7, 11) is 0. The first-order chi connectivity index (χ1) is 7.16. The van der Waals surface area contributed by atoms with Crippen LogP contribution >= 0.6 is 0 Å². The summed E-state index contributed by atoms with van der Waals surface area (Å²) in [5.41, 5.74) is 0. The summed E-state index contributed by atoms with van der Waals surface area (Å²) in [6.07, 6.45) is 9.78. The molecule has 0 aliphatic rings. The van der Waals surface area contributed by atoms with Crippen molar-refractivity contribution >= 4 is 0 Å². The first-order valence-corrected chi connectivity index (χ1v) is 6.10. The second kappa shape index (κ2) is 7.59. The Kier molecular flexibility index (Phi) is 7.25. The third-order valence-electron chi connectivity index (χ3n) is 3.55. The molecule has 2 heteroatoms. The lowest BCUT2D eigenvalue weighted by Crippen LogP contribution is -2.56. The highest BCUT2D eigenvalue weighted by atomic mass is 16.5. The van der Waals surface area contributed by atoms with Gasteiger partial charge in [-0.2, -0.15) is 0 Å². The number of quaternary nitrogens is 1. The molecule has 2 unspecified atom stereocenters. The van der Waals surface area contributed by atoms with Crippen molar-refractivity contribution in [1.29, 1.82) is 0 Å². The van der Waals surface area contributed by atoms with E-state index in [2.05, 4.69) is 33.8 Å². The van der Waals surface area contributed by atoms with Crippen LogP contribution in [0.3, 0.4) is 0 Å². The van der Waals surface area contributed by atoms with Crippen LogP contribution in [-0.4, -0.2) is 36.8 Å². The fourth-order valence-electron chi connectivity index (χ4n) is 2.30. The molecule has 0 bridgehead atoms. The van der Waals surface area contributed by atoms with Crippen molar-refractivity contribution in [3.05, 3.63) is 0 Å². The summed E-state index contributed by atoms with van der Waals surface area (Å²) < 4.78 is 6.18. The molecule has 2 nitrogen and oxygen atoms in total. The molecule has 0 spiro atoms. The molecular weight excluding hydrogens is 186 g/mol. The number of ether oxygens (including phenoxy) is 1. The lowest BCUT2D eigenvalue weighted by atomic mass is 10.1. The predicted molar refractivity (Wildman–Crippen MR) is 65.4 cm³/mol. The Morgan fingerprint density at radius 2 is 1.93 bits per heavy atom. The molecule has 0 aromatic heterocycles.